The maximum Gasteiger partial charge on any atom is 0.237 e. The van der Waals surface area contributed by atoms with Gasteiger partial charge in [0.05, 0.1) is 6.04 Å². The van der Waals surface area contributed by atoms with Crippen LogP contribution in [0.5, 0.6) is 0 Å². The number of amides is 1. The van der Waals surface area contributed by atoms with E-state index in [1.165, 1.54) is 6.42 Å². The highest BCUT2D eigenvalue weighted by atomic mass is 16.2. The zero-order valence-corrected chi connectivity index (χ0v) is 9.74. The molecule has 4 nitrogen and oxygen atoms in total. The molecule has 0 aromatic rings. The van der Waals surface area contributed by atoms with Crippen LogP contribution in [0.4, 0.5) is 0 Å². The molecular weight excluding hydrogens is 202 g/mol. The normalized spacial score (nSPS) is 44.4. The molecule has 3 rings (SSSR count). The minimum absolute atomic E-state index is 0.156. The number of carbonyl (C=O) groups is 1. The molecule has 0 aromatic heterocycles. The minimum atomic E-state index is 0.156. The molecule has 0 bridgehead atoms. The maximum atomic E-state index is 11.8. The summed E-state index contributed by atoms with van der Waals surface area (Å²) in [4.78, 5) is 14.3. The Morgan fingerprint density at radius 1 is 1.31 bits per heavy atom. The lowest BCUT2D eigenvalue weighted by Gasteiger charge is -2.51. The highest BCUT2D eigenvalue weighted by Gasteiger charge is 2.49. The van der Waals surface area contributed by atoms with E-state index >= 15 is 0 Å². The van der Waals surface area contributed by atoms with Crippen LogP contribution in [0.1, 0.15) is 38.5 Å². The van der Waals surface area contributed by atoms with E-state index < -0.39 is 0 Å². The van der Waals surface area contributed by atoms with Crippen molar-refractivity contribution in [2.75, 3.05) is 13.1 Å². The molecule has 2 saturated heterocycles. The third kappa shape index (κ3) is 1.47. The molecule has 0 aromatic carbocycles. The van der Waals surface area contributed by atoms with E-state index in [9.17, 15) is 4.79 Å². The fraction of sp³-hybridized carbons (Fsp3) is 0.917. The van der Waals surface area contributed by atoms with Gasteiger partial charge >= 0.3 is 0 Å². The molecule has 1 saturated carbocycles. The summed E-state index contributed by atoms with van der Waals surface area (Å²) in [6.45, 7) is 1.95. The number of hydrogen-bond acceptors (Lipinski definition) is 3. The smallest absolute Gasteiger partial charge is 0.237 e. The van der Waals surface area contributed by atoms with Crippen LogP contribution in [0.2, 0.25) is 0 Å². The van der Waals surface area contributed by atoms with E-state index in [-0.39, 0.29) is 17.5 Å². The summed E-state index contributed by atoms with van der Waals surface area (Å²) >= 11 is 0. The van der Waals surface area contributed by atoms with Gasteiger partial charge in [-0.05, 0) is 45.1 Å². The predicted octanol–water partition coefficient (Wildman–Crippen LogP) is 0.221. The van der Waals surface area contributed by atoms with Crippen molar-refractivity contribution in [2.45, 2.75) is 56.1 Å². The van der Waals surface area contributed by atoms with E-state index in [1.807, 2.05) is 0 Å². The molecule has 3 fully saturated rings. The second kappa shape index (κ2) is 3.70. The number of nitrogens with one attached hydrogen (secondary N) is 1. The number of hydrogen-bond donors (Lipinski definition) is 2. The first kappa shape index (κ1) is 10.5. The van der Waals surface area contributed by atoms with E-state index in [1.54, 1.807) is 0 Å². The van der Waals surface area contributed by atoms with E-state index in [4.69, 9.17) is 5.73 Å². The van der Waals surface area contributed by atoms with Crippen molar-refractivity contribution in [3.63, 3.8) is 0 Å². The predicted molar refractivity (Wildman–Crippen MR) is 61.9 cm³/mol. The Morgan fingerprint density at radius 3 is 2.81 bits per heavy atom. The molecule has 1 aliphatic carbocycles. The van der Waals surface area contributed by atoms with Crippen molar-refractivity contribution in [1.82, 2.24) is 10.2 Å². The Hall–Kier alpha value is -0.610. The lowest BCUT2D eigenvalue weighted by atomic mass is 9.76. The number of fused-ring (bicyclic) bond motifs is 2. The van der Waals surface area contributed by atoms with Crippen LogP contribution in [0.3, 0.4) is 0 Å². The SMILES string of the molecule is NC1CCC2(CC1)CNC(=O)[C@@H]1CCCN12. The number of rotatable bonds is 0. The van der Waals surface area contributed by atoms with E-state index in [0.29, 0.717) is 6.04 Å². The quantitative estimate of drug-likeness (QED) is 0.617. The summed E-state index contributed by atoms with van der Waals surface area (Å²) in [6, 6.07) is 0.535. The molecule has 2 aliphatic heterocycles. The third-order valence-electron chi connectivity index (χ3n) is 4.72. The molecule has 3 N–H and O–H groups in total. The van der Waals surface area contributed by atoms with Crippen molar-refractivity contribution < 1.29 is 4.79 Å². The molecule has 3 aliphatic rings. The molecular formula is C12H21N3O. The summed E-state index contributed by atoms with van der Waals surface area (Å²) in [5, 5.41) is 3.11. The highest BCUT2D eigenvalue weighted by Crippen LogP contribution is 2.39. The standard InChI is InChI=1S/C12H21N3O/c13-9-3-5-12(6-4-9)8-14-11(16)10-2-1-7-15(10)12/h9-10H,1-8,13H2,(H,14,16)/t9?,10-,12?/m0/s1. The number of piperazine rings is 1. The van der Waals surface area contributed by atoms with Crippen molar-refractivity contribution in [3.05, 3.63) is 0 Å². The van der Waals surface area contributed by atoms with Crippen LogP contribution in [0.15, 0.2) is 0 Å². The van der Waals surface area contributed by atoms with Gasteiger partial charge < -0.3 is 11.1 Å². The topological polar surface area (TPSA) is 58.4 Å². The van der Waals surface area contributed by atoms with Gasteiger partial charge in [-0.3, -0.25) is 9.69 Å². The fourth-order valence-electron chi connectivity index (χ4n) is 3.72. The Bertz CT molecular complexity index is 297. The number of nitrogens with two attached hydrogens (primary N) is 1. The molecule has 1 atom stereocenters. The zero-order chi connectivity index (χ0) is 11.2. The summed E-state index contributed by atoms with van der Waals surface area (Å²) in [6.07, 6.45) is 6.75. The summed E-state index contributed by atoms with van der Waals surface area (Å²) in [5.41, 5.74) is 6.22. The van der Waals surface area contributed by atoms with Crippen LogP contribution >= 0.6 is 0 Å². The second-order valence-electron chi connectivity index (χ2n) is 5.63. The summed E-state index contributed by atoms with van der Waals surface area (Å²) < 4.78 is 0. The summed E-state index contributed by atoms with van der Waals surface area (Å²) in [5.74, 6) is 0.248. The van der Waals surface area contributed by atoms with Gasteiger partial charge in [0.2, 0.25) is 5.91 Å². The van der Waals surface area contributed by atoms with Crippen molar-refractivity contribution >= 4 is 5.91 Å². The molecule has 2 heterocycles. The second-order valence-corrected chi connectivity index (χ2v) is 5.63. The van der Waals surface area contributed by atoms with E-state index in [2.05, 4.69) is 10.2 Å². The maximum absolute atomic E-state index is 11.8. The average Bonchev–Trinajstić information content (AvgIpc) is 2.78. The molecule has 0 radical (unpaired) electrons. The lowest BCUT2D eigenvalue weighted by molar-refractivity contribution is -0.134. The van der Waals surface area contributed by atoms with Gasteiger partial charge in [0.1, 0.15) is 0 Å². The van der Waals surface area contributed by atoms with Crippen molar-refractivity contribution in [3.8, 4) is 0 Å². The molecule has 1 amide bonds. The van der Waals surface area contributed by atoms with Gasteiger partial charge in [-0.1, -0.05) is 0 Å². The largest absolute Gasteiger partial charge is 0.353 e. The highest BCUT2D eigenvalue weighted by molar-refractivity contribution is 5.83. The fourth-order valence-corrected chi connectivity index (χ4v) is 3.72. The summed E-state index contributed by atoms with van der Waals surface area (Å²) in [7, 11) is 0. The Balaban J connectivity index is 1.82. The van der Waals surface area contributed by atoms with Gasteiger partial charge in [-0.15, -0.1) is 0 Å². The van der Waals surface area contributed by atoms with Gasteiger partial charge in [-0.2, -0.15) is 0 Å². The molecule has 4 heteroatoms. The van der Waals surface area contributed by atoms with E-state index in [0.717, 1.165) is 45.2 Å². The minimum Gasteiger partial charge on any atom is -0.353 e. The van der Waals surface area contributed by atoms with Crippen molar-refractivity contribution in [2.24, 2.45) is 5.73 Å². The van der Waals surface area contributed by atoms with Gasteiger partial charge in [0, 0.05) is 18.1 Å². The molecule has 90 valence electrons. The van der Waals surface area contributed by atoms with Crippen LogP contribution in [0.25, 0.3) is 0 Å². The Morgan fingerprint density at radius 2 is 2.06 bits per heavy atom. The Labute approximate surface area is 96.5 Å². The molecule has 0 unspecified atom stereocenters. The lowest BCUT2D eigenvalue weighted by Crippen LogP contribution is -2.67. The van der Waals surface area contributed by atoms with Crippen molar-refractivity contribution in [1.29, 1.82) is 0 Å². The molecule has 1 spiro atoms. The zero-order valence-electron chi connectivity index (χ0n) is 9.74. The van der Waals surface area contributed by atoms with Gasteiger partial charge in [0.25, 0.3) is 0 Å². The number of carbonyl (C=O) groups excluding carboxylic acids is 1. The average molecular weight is 223 g/mol. The Kier molecular flexibility index (Phi) is 2.44. The number of nitrogens with zero attached hydrogens (tertiary/aromatic N) is 1. The van der Waals surface area contributed by atoms with Gasteiger partial charge in [-0.25, -0.2) is 0 Å². The first-order valence-electron chi connectivity index (χ1n) is 6.51. The van der Waals surface area contributed by atoms with Crippen LogP contribution in [0, 0.1) is 0 Å². The molecule has 16 heavy (non-hydrogen) atoms. The van der Waals surface area contributed by atoms with Crippen LogP contribution in [-0.4, -0.2) is 41.5 Å². The monoisotopic (exact) mass is 223 g/mol. The first-order chi connectivity index (χ1) is 7.71. The van der Waals surface area contributed by atoms with Crippen LogP contribution in [-0.2, 0) is 4.79 Å². The third-order valence-corrected chi connectivity index (χ3v) is 4.72. The van der Waals surface area contributed by atoms with Gasteiger partial charge in [0.15, 0.2) is 0 Å². The van der Waals surface area contributed by atoms with Crippen LogP contribution < -0.4 is 11.1 Å². The first-order valence-corrected chi connectivity index (χ1v) is 6.51.